The molecule has 0 unspecified atom stereocenters. The van der Waals surface area contributed by atoms with E-state index in [2.05, 4.69) is 10.3 Å². The van der Waals surface area contributed by atoms with Crippen molar-refractivity contribution in [2.24, 2.45) is 0 Å². The van der Waals surface area contributed by atoms with Crippen LogP contribution in [0, 0.1) is 0 Å². The number of benzene rings is 1. The lowest BCUT2D eigenvalue weighted by molar-refractivity contribution is -0.114. The van der Waals surface area contributed by atoms with Crippen LogP contribution in [-0.4, -0.2) is 32.1 Å². The van der Waals surface area contributed by atoms with Gasteiger partial charge in [-0.1, -0.05) is 12.1 Å². The van der Waals surface area contributed by atoms with Crippen molar-refractivity contribution in [3.8, 4) is 0 Å². The predicted octanol–water partition coefficient (Wildman–Crippen LogP) is 2.01. The van der Waals surface area contributed by atoms with Crippen LogP contribution in [0.3, 0.4) is 0 Å². The van der Waals surface area contributed by atoms with E-state index in [1.807, 2.05) is 23.1 Å². The summed E-state index contributed by atoms with van der Waals surface area (Å²) in [6.07, 6.45) is 3.51. The zero-order valence-corrected chi connectivity index (χ0v) is 14.4. The maximum Gasteiger partial charge on any atom is 0.221 e. The highest BCUT2D eigenvalue weighted by Gasteiger charge is 2.24. The fraction of sp³-hybridized carbons (Fsp3) is 0.294. The Hall–Kier alpha value is -2.41. The molecule has 0 atom stereocenters. The molecule has 24 heavy (non-hydrogen) atoms. The third-order valence-electron chi connectivity index (χ3n) is 4.03. The standard InChI is InChI=1S/C17H19N3O3S/c1-12(21)19-15-6-3-5-13-11-20(10-8-14(13)15)17-16(24(2,22)23)7-4-9-18-17/h3-7,9H,8,10-11H2,1-2H3,(H,19,21). The smallest absolute Gasteiger partial charge is 0.221 e. The van der Waals surface area contributed by atoms with E-state index in [0.29, 0.717) is 25.3 Å². The highest BCUT2D eigenvalue weighted by atomic mass is 32.2. The van der Waals surface area contributed by atoms with Gasteiger partial charge in [-0.2, -0.15) is 0 Å². The summed E-state index contributed by atoms with van der Waals surface area (Å²) in [6.45, 7) is 2.69. The Morgan fingerprint density at radius 3 is 2.75 bits per heavy atom. The Morgan fingerprint density at radius 1 is 1.25 bits per heavy atom. The van der Waals surface area contributed by atoms with Gasteiger partial charge in [0.25, 0.3) is 0 Å². The molecule has 3 rings (SSSR count). The number of nitrogens with zero attached hydrogens (tertiary/aromatic N) is 2. The second kappa shape index (κ2) is 6.24. The van der Waals surface area contributed by atoms with Gasteiger partial charge in [0, 0.05) is 38.2 Å². The van der Waals surface area contributed by atoms with Crippen LogP contribution in [-0.2, 0) is 27.6 Å². The number of amides is 1. The second-order valence-corrected chi connectivity index (χ2v) is 7.88. The van der Waals surface area contributed by atoms with Crippen LogP contribution in [0.4, 0.5) is 11.5 Å². The molecule has 0 aliphatic carbocycles. The van der Waals surface area contributed by atoms with Crippen LogP contribution >= 0.6 is 0 Å². The molecule has 0 saturated carbocycles. The first-order chi connectivity index (χ1) is 11.4. The van der Waals surface area contributed by atoms with Crippen molar-refractivity contribution < 1.29 is 13.2 Å². The van der Waals surface area contributed by atoms with Gasteiger partial charge < -0.3 is 10.2 Å². The Morgan fingerprint density at radius 2 is 2.04 bits per heavy atom. The minimum Gasteiger partial charge on any atom is -0.351 e. The molecule has 1 amide bonds. The van der Waals surface area contributed by atoms with Crippen molar-refractivity contribution >= 4 is 27.2 Å². The van der Waals surface area contributed by atoms with Crippen LogP contribution in [0.15, 0.2) is 41.4 Å². The average molecular weight is 345 g/mol. The topological polar surface area (TPSA) is 79.4 Å². The van der Waals surface area contributed by atoms with Crippen molar-refractivity contribution in [2.45, 2.75) is 24.8 Å². The van der Waals surface area contributed by atoms with Crippen LogP contribution in [0.25, 0.3) is 0 Å². The normalized spacial score (nSPS) is 14.2. The van der Waals surface area contributed by atoms with Crippen LogP contribution < -0.4 is 10.2 Å². The van der Waals surface area contributed by atoms with E-state index in [1.54, 1.807) is 18.3 Å². The molecule has 1 aliphatic rings. The Bertz CT molecular complexity index is 894. The number of hydrogen-bond donors (Lipinski definition) is 1. The molecule has 0 bridgehead atoms. The van der Waals surface area contributed by atoms with Crippen LogP contribution in [0.2, 0.25) is 0 Å². The molecule has 1 N–H and O–H groups in total. The first-order valence-electron chi connectivity index (χ1n) is 7.64. The van der Waals surface area contributed by atoms with E-state index in [9.17, 15) is 13.2 Å². The van der Waals surface area contributed by atoms with Gasteiger partial charge >= 0.3 is 0 Å². The zero-order chi connectivity index (χ0) is 17.3. The molecular formula is C17H19N3O3S. The molecular weight excluding hydrogens is 326 g/mol. The molecule has 6 nitrogen and oxygen atoms in total. The molecule has 0 spiro atoms. The number of pyridine rings is 1. The largest absolute Gasteiger partial charge is 0.351 e. The van der Waals surface area contributed by atoms with E-state index < -0.39 is 9.84 Å². The number of hydrogen-bond acceptors (Lipinski definition) is 5. The lowest BCUT2D eigenvalue weighted by atomic mass is 9.97. The minimum atomic E-state index is -3.35. The number of fused-ring (bicyclic) bond motifs is 1. The van der Waals surface area contributed by atoms with Crippen molar-refractivity contribution in [2.75, 3.05) is 23.0 Å². The Kier molecular flexibility index (Phi) is 4.28. The number of nitrogens with one attached hydrogen (secondary N) is 1. The molecule has 2 aromatic rings. The van der Waals surface area contributed by atoms with Crippen molar-refractivity contribution in [1.29, 1.82) is 0 Å². The molecule has 1 aromatic heterocycles. The molecule has 2 heterocycles. The highest BCUT2D eigenvalue weighted by molar-refractivity contribution is 7.90. The van der Waals surface area contributed by atoms with Crippen molar-refractivity contribution in [1.82, 2.24) is 4.98 Å². The van der Waals surface area contributed by atoms with Gasteiger partial charge in [-0.15, -0.1) is 0 Å². The molecule has 7 heteroatoms. The maximum absolute atomic E-state index is 12.0. The van der Waals surface area contributed by atoms with E-state index in [4.69, 9.17) is 0 Å². The third kappa shape index (κ3) is 3.26. The Balaban J connectivity index is 1.96. The van der Waals surface area contributed by atoms with Crippen LogP contribution in [0.5, 0.6) is 0 Å². The summed E-state index contributed by atoms with van der Waals surface area (Å²) in [7, 11) is -3.35. The fourth-order valence-electron chi connectivity index (χ4n) is 3.01. The van der Waals surface area contributed by atoms with E-state index in [0.717, 1.165) is 16.8 Å². The van der Waals surface area contributed by atoms with Gasteiger partial charge in [-0.3, -0.25) is 4.79 Å². The molecule has 1 aliphatic heterocycles. The van der Waals surface area contributed by atoms with E-state index >= 15 is 0 Å². The van der Waals surface area contributed by atoms with Crippen molar-refractivity contribution in [3.63, 3.8) is 0 Å². The van der Waals surface area contributed by atoms with Crippen molar-refractivity contribution in [3.05, 3.63) is 47.7 Å². The molecule has 1 aromatic carbocycles. The molecule has 0 saturated heterocycles. The number of carbonyl (C=O) groups is 1. The summed E-state index contributed by atoms with van der Waals surface area (Å²) in [5, 5.41) is 2.85. The van der Waals surface area contributed by atoms with Gasteiger partial charge in [-0.05, 0) is 35.7 Å². The first kappa shape index (κ1) is 16.4. The van der Waals surface area contributed by atoms with Gasteiger partial charge in [0.2, 0.25) is 5.91 Å². The average Bonchev–Trinajstić information content (AvgIpc) is 2.53. The molecule has 0 fully saturated rings. The summed E-state index contributed by atoms with van der Waals surface area (Å²) in [5.74, 6) is 0.380. The molecule has 126 valence electrons. The van der Waals surface area contributed by atoms with Crippen LogP contribution in [0.1, 0.15) is 18.1 Å². The lowest BCUT2D eigenvalue weighted by Crippen LogP contribution is -2.32. The monoisotopic (exact) mass is 345 g/mol. The SMILES string of the molecule is CC(=O)Nc1cccc2c1CCN(c1ncccc1S(C)(=O)=O)C2. The Labute approximate surface area is 141 Å². The number of rotatable bonds is 3. The van der Waals surface area contributed by atoms with E-state index in [-0.39, 0.29) is 10.8 Å². The summed E-state index contributed by atoms with van der Waals surface area (Å²) < 4.78 is 24.0. The third-order valence-corrected chi connectivity index (χ3v) is 5.14. The summed E-state index contributed by atoms with van der Waals surface area (Å²) in [5.41, 5.74) is 2.99. The summed E-state index contributed by atoms with van der Waals surface area (Å²) in [6, 6.07) is 8.99. The number of sulfone groups is 1. The number of carbonyl (C=O) groups excluding carboxylic acids is 1. The minimum absolute atomic E-state index is 0.102. The predicted molar refractivity (Wildman–Crippen MR) is 92.8 cm³/mol. The van der Waals surface area contributed by atoms with E-state index in [1.165, 1.54) is 13.2 Å². The van der Waals surface area contributed by atoms with Gasteiger partial charge in [0.1, 0.15) is 10.7 Å². The highest BCUT2D eigenvalue weighted by Crippen LogP contribution is 2.31. The number of aromatic nitrogens is 1. The summed E-state index contributed by atoms with van der Waals surface area (Å²) in [4.78, 5) is 17.8. The number of anilines is 2. The lowest BCUT2D eigenvalue weighted by Gasteiger charge is -2.31. The van der Waals surface area contributed by atoms with Gasteiger partial charge in [0.05, 0.1) is 0 Å². The second-order valence-electron chi connectivity index (χ2n) is 5.89. The zero-order valence-electron chi connectivity index (χ0n) is 13.6. The first-order valence-corrected chi connectivity index (χ1v) is 9.54. The van der Waals surface area contributed by atoms with Gasteiger partial charge in [0.15, 0.2) is 9.84 Å². The van der Waals surface area contributed by atoms with Gasteiger partial charge in [-0.25, -0.2) is 13.4 Å². The maximum atomic E-state index is 12.0. The quantitative estimate of drug-likeness (QED) is 0.920. The fourth-order valence-corrected chi connectivity index (χ4v) is 3.85. The summed E-state index contributed by atoms with van der Waals surface area (Å²) >= 11 is 0. The molecule has 0 radical (unpaired) electrons.